The molecule has 0 aliphatic heterocycles. The molecule has 1 aliphatic carbocycles. The predicted molar refractivity (Wildman–Crippen MR) is 136 cm³/mol. The standard InChI is InChI=1S/C27H24N4O2S/c28-26(33)24-21-13-7-8-14-22(21)34-27(24)29-23(32)16-15-19-17-31(20-11-5-2-6-12-20)30-25(19)18-9-3-1-4-10-18/h1-6,9-12,15-17H,7-8,13-14H2,(H2,28,33)(H,29,32). The first kappa shape index (κ1) is 21.9. The highest BCUT2D eigenvalue weighted by Crippen LogP contribution is 2.38. The van der Waals surface area contributed by atoms with Crippen molar-refractivity contribution in [1.29, 1.82) is 0 Å². The zero-order chi connectivity index (χ0) is 23.5. The Morgan fingerprint density at radius 2 is 1.71 bits per heavy atom. The number of benzene rings is 2. The largest absolute Gasteiger partial charge is 0.365 e. The van der Waals surface area contributed by atoms with Crippen molar-refractivity contribution in [3.8, 4) is 16.9 Å². The Labute approximate surface area is 201 Å². The van der Waals surface area contributed by atoms with Crippen LogP contribution in [-0.4, -0.2) is 21.6 Å². The van der Waals surface area contributed by atoms with E-state index in [0.29, 0.717) is 10.6 Å². The van der Waals surface area contributed by atoms with E-state index >= 15 is 0 Å². The summed E-state index contributed by atoms with van der Waals surface area (Å²) in [6.45, 7) is 0. The van der Waals surface area contributed by atoms with Gasteiger partial charge in [0.2, 0.25) is 5.91 Å². The van der Waals surface area contributed by atoms with Gasteiger partial charge in [-0.1, -0.05) is 48.5 Å². The molecule has 2 amide bonds. The number of thiophene rings is 1. The second kappa shape index (κ2) is 9.49. The Balaban J connectivity index is 1.44. The van der Waals surface area contributed by atoms with Crippen LogP contribution in [0.5, 0.6) is 0 Å². The van der Waals surface area contributed by atoms with Crippen molar-refractivity contribution in [2.45, 2.75) is 25.7 Å². The number of aryl methyl sites for hydroxylation is 1. The molecular weight excluding hydrogens is 444 g/mol. The minimum atomic E-state index is -0.491. The summed E-state index contributed by atoms with van der Waals surface area (Å²) in [4.78, 5) is 26.1. The van der Waals surface area contributed by atoms with Crippen LogP contribution in [0.2, 0.25) is 0 Å². The van der Waals surface area contributed by atoms with Gasteiger partial charge in [0, 0.05) is 28.3 Å². The van der Waals surface area contributed by atoms with E-state index in [1.54, 1.807) is 10.8 Å². The second-order valence-electron chi connectivity index (χ2n) is 8.18. The SMILES string of the molecule is NC(=O)c1c(NC(=O)C=Cc2cn(-c3ccccc3)nc2-c2ccccc2)sc2c1CCCC2. The fourth-order valence-electron chi connectivity index (χ4n) is 4.28. The highest BCUT2D eigenvalue weighted by atomic mass is 32.1. The number of carbonyl (C=O) groups excluding carboxylic acids is 2. The van der Waals surface area contributed by atoms with Crippen LogP contribution in [0.1, 0.15) is 39.2 Å². The minimum Gasteiger partial charge on any atom is -0.365 e. The molecule has 2 heterocycles. The summed E-state index contributed by atoms with van der Waals surface area (Å²) in [5, 5.41) is 8.19. The number of rotatable bonds is 6. The summed E-state index contributed by atoms with van der Waals surface area (Å²) >= 11 is 1.46. The predicted octanol–water partition coefficient (Wildman–Crippen LogP) is 5.23. The smallest absolute Gasteiger partial charge is 0.251 e. The van der Waals surface area contributed by atoms with Gasteiger partial charge in [0.15, 0.2) is 0 Å². The number of nitrogens with two attached hydrogens (primary N) is 1. The summed E-state index contributed by atoms with van der Waals surface area (Å²) < 4.78 is 1.80. The molecule has 0 saturated heterocycles. The van der Waals surface area contributed by atoms with Gasteiger partial charge in [-0.3, -0.25) is 9.59 Å². The molecule has 6 nitrogen and oxygen atoms in total. The molecule has 7 heteroatoms. The van der Waals surface area contributed by atoms with Crippen LogP contribution >= 0.6 is 11.3 Å². The molecule has 4 aromatic rings. The van der Waals surface area contributed by atoms with Crippen LogP contribution in [0.3, 0.4) is 0 Å². The maximum atomic E-state index is 12.8. The first-order valence-corrected chi connectivity index (χ1v) is 12.1. The van der Waals surface area contributed by atoms with E-state index in [2.05, 4.69) is 5.32 Å². The molecule has 0 unspecified atom stereocenters. The molecule has 0 fully saturated rings. The van der Waals surface area contributed by atoms with Crippen molar-refractivity contribution in [2.75, 3.05) is 5.32 Å². The molecule has 0 radical (unpaired) electrons. The van der Waals surface area contributed by atoms with E-state index in [0.717, 1.165) is 58.6 Å². The molecule has 170 valence electrons. The number of fused-ring (bicyclic) bond motifs is 1. The van der Waals surface area contributed by atoms with Gasteiger partial charge < -0.3 is 11.1 Å². The van der Waals surface area contributed by atoms with Crippen molar-refractivity contribution in [3.63, 3.8) is 0 Å². The van der Waals surface area contributed by atoms with Gasteiger partial charge >= 0.3 is 0 Å². The quantitative estimate of drug-likeness (QED) is 0.380. The molecule has 5 rings (SSSR count). The van der Waals surface area contributed by atoms with Gasteiger partial charge in [-0.25, -0.2) is 4.68 Å². The van der Waals surface area contributed by atoms with Crippen LogP contribution in [0, 0.1) is 0 Å². The summed E-state index contributed by atoms with van der Waals surface area (Å²) in [7, 11) is 0. The Morgan fingerprint density at radius 1 is 1.00 bits per heavy atom. The van der Waals surface area contributed by atoms with Crippen molar-refractivity contribution in [1.82, 2.24) is 9.78 Å². The number of primary amides is 1. The molecule has 0 spiro atoms. The number of aromatic nitrogens is 2. The monoisotopic (exact) mass is 468 g/mol. The van der Waals surface area contributed by atoms with Gasteiger partial charge in [0.1, 0.15) is 5.00 Å². The molecule has 0 saturated carbocycles. The lowest BCUT2D eigenvalue weighted by Crippen LogP contribution is -2.17. The zero-order valence-electron chi connectivity index (χ0n) is 18.5. The Bertz CT molecular complexity index is 1370. The average Bonchev–Trinajstić information content (AvgIpc) is 3.45. The Hall–Kier alpha value is -3.97. The number of hydrogen-bond acceptors (Lipinski definition) is 4. The fourth-order valence-corrected chi connectivity index (χ4v) is 5.57. The molecule has 34 heavy (non-hydrogen) atoms. The molecular formula is C27H24N4O2S. The third kappa shape index (κ3) is 4.43. The molecule has 0 atom stereocenters. The summed E-state index contributed by atoms with van der Waals surface area (Å²) in [5.74, 6) is -0.804. The summed E-state index contributed by atoms with van der Waals surface area (Å²) in [6.07, 6.45) is 9.00. The van der Waals surface area contributed by atoms with E-state index < -0.39 is 5.91 Å². The normalized spacial score (nSPS) is 13.1. The lowest BCUT2D eigenvalue weighted by atomic mass is 9.95. The van der Waals surface area contributed by atoms with Gasteiger partial charge in [-0.15, -0.1) is 11.3 Å². The summed E-state index contributed by atoms with van der Waals surface area (Å²) in [5.41, 5.74) is 10.6. The van der Waals surface area contributed by atoms with Gasteiger partial charge in [0.25, 0.3) is 5.91 Å². The summed E-state index contributed by atoms with van der Waals surface area (Å²) in [6, 6.07) is 19.7. The minimum absolute atomic E-state index is 0.312. The maximum Gasteiger partial charge on any atom is 0.251 e. The lowest BCUT2D eigenvalue weighted by molar-refractivity contribution is -0.111. The van der Waals surface area contributed by atoms with E-state index in [1.807, 2.05) is 66.9 Å². The van der Waals surface area contributed by atoms with Crippen LogP contribution in [0.15, 0.2) is 72.9 Å². The average molecular weight is 469 g/mol. The molecule has 2 aromatic carbocycles. The van der Waals surface area contributed by atoms with Crippen LogP contribution < -0.4 is 11.1 Å². The van der Waals surface area contributed by atoms with Crippen LogP contribution in [0.25, 0.3) is 23.0 Å². The number of para-hydroxylation sites is 1. The molecule has 0 bridgehead atoms. The van der Waals surface area contributed by atoms with Gasteiger partial charge in [0.05, 0.1) is 16.9 Å². The highest BCUT2D eigenvalue weighted by molar-refractivity contribution is 7.17. The number of hydrogen-bond donors (Lipinski definition) is 2. The first-order chi connectivity index (χ1) is 16.6. The third-order valence-electron chi connectivity index (χ3n) is 5.88. The fraction of sp³-hybridized carbons (Fsp3) is 0.148. The van der Waals surface area contributed by atoms with Gasteiger partial charge in [-0.2, -0.15) is 5.10 Å². The number of nitrogens with one attached hydrogen (secondary N) is 1. The number of nitrogens with zero attached hydrogens (tertiary/aromatic N) is 2. The van der Waals surface area contributed by atoms with E-state index in [-0.39, 0.29) is 5.91 Å². The van der Waals surface area contributed by atoms with Gasteiger partial charge in [-0.05, 0) is 49.5 Å². The molecule has 2 aromatic heterocycles. The number of amides is 2. The number of carbonyl (C=O) groups is 2. The topological polar surface area (TPSA) is 90.0 Å². The van der Waals surface area contributed by atoms with E-state index in [4.69, 9.17) is 10.8 Å². The molecule has 3 N–H and O–H groups in total. The first-order valence-electron chi connectivity index (χ1n) is 11.2. The van der Waals surface area contributed by atoms with E-state index in [9.17, 15) is 9.59 Å². The third-order valence-corrected chi connectivity index (χ3v) is 7.09. The maximum absolute atomic E-state index is 12.8. The van der Waals surface area contributed by atoms with Crippen molar-refractivity contribution < 1.29 is 9.59 Å². The second-order valence-corrected chi connectivity index (χ2v) is 9.29. The zero-order valence-corrected chi connectivity index (χ0v) is 19.3. The van der Waals surface area contributed by atoms with E-state index in [1.165, 1.54) is 17.4 Å². The Kier molecular flexibility index (Phi) is 6.10. The van der Waals surface area contributed by atoms with Crippen molar-refractivity contribution in [3.05, 3.63) is 94.5 Å². The lowest BCUT2D eigenvalue weighted by Gasteiger charge is -2.11. The highest BCUT2D eigenvalue weighted by Gasteiger charge is 2.24. The Morgan fingerprint density at radius 3 is 2.44 bits per heavy atom. The van der Waals surface area contributed by atoms with Crippen molar-refractivity contribution in [2.24, 2.45) is 5.73 Å². The van der Waals surface area contributed by atoms with Crippen LogP contribution in [-0.2, 0) is 17.6 Å². The van der Waals surface area contributed by atoms with Crippen LogP contribution in [0.4, 0.5) is 5.00 Å². The molecule has 1 aliphatic rings. The van der Waals surface area contributed by atoms with Crippen molar-refractivity contribution >= 4 is 34.2 Å². The number of anilines is 1.